The lowest BCUT2D eigenvalue weighted by Crippen LogP contribution is -2.68. The van der Waals surface area contributed by atoms with Gasteiger partial charge in [-0.2, -0.15) is 0 Å². The summed E-state index contributed by atoms with van der Waals surface area (Å²) in [7, 11) is 3.42. The smallest absolute Gasteiger partial charge is 0.152 e. The maximum atomic E-state index is 9.28. The molecule has 0 aliphatic carbocycles. The fourth-order valence-corrected chi connectivity index (χ4v) is 3.65. The Morgan fingerprint density at radius 2 is 1.21 bits per heavy atom. The van der Waals surface area contributed by atoms with Gasteiger partial charge < -0.3 is 28.7 Å². The highest BCUT2D eigenvalue weighted by Gasteiger charge is 2.42. The zero-order valence-corrected chi connectivity index (χ0v) is 15.4. The lowest BCUT2D eigenvalue weighted by Gasteiger charge is -2.48. The van der Waals surface area contributed by atoms with Crippen LogP contribution in [0.25, 0.3) is 0 Å². The Bertz CT molecular complexity index is 355. The van der Waals surface area contributed by atoms with Crippen LogP contribution in [0.5, 0.6) is 0 Å². The number of quaternary nitrogens is 2. The minimum absolute atomic E-state index is 0.102. The Hall–Kier alpha value is -0.760. The molecular weight excluding hydrogens is 308 g/mol. The van der Waals surface area contributed by atoms with Crippen molar-refractivity contribution in [3.8, 4) is 0 Å². The van der Waals surface area contributed by atoms with Gasteiger partial charge in [0, 0.05) is 14.2 Å². The van der Waals surface area contributed by atoms with E-state index in [1.54, 1.807) is 14.2 Å². The van der Waals surface area contributed by atoms with Gasteiger partial charge in [0.2, 0.25) is 0 Å². The van der Waals surface area contributed by atoms with Gasteiger partial charge in [-0.05, 0) is 12.2 Å². The molecule has 2 saturated heterocycles. The Kier molecular flexibility index (Phi) is 9.12. The summed E-state index contributed by atoms with van der Waals surface area (Å²) in [5, 5.41) is 18.4. The van der Waals surface area contributed by atoms with Crippen LogP contribution in [0.3, 0.4) is 0 Å². The average molecular weight is 344 g/mol. The number of rotatable bonds is 10. The predicted octanol–water partition coefficient (Wildman–Crippen LogP) is 0.0202. The first-order chi connectivity index (χ1) is 11.4. The van der Waals surface area contributed by atoms with E-state index in [9.17, 15) is 5.11 Å². The van der Waals surface area contributed by atoms with E-state index >= 15 is 0 Å². The SMILES string of the molecule is C=CC[N+]1(CC=C)CC(O)C1.COCC[N+]1(CCOC)CC(O)C1. The van der Waals surface area contributed by atoms with Gasteiger partial charge in [0.1, 0.15) is 39.3 Å². The summed E-state index contributed by atoms with van der Waals surface area (Å²) in [5.41, 5.74) is 0. The molecule has 2 aliphatic heterocycles. The highest BCUT2D eigenvalue weighted by molar-refractivity contribution is 4.78. The quantitative estimate of drug-likeness (QED) is 0.433. The second-order valence-corrected chi connectivity index (χ2v) is 7.10. The number of likely N-dealkylation sites (tertiary alicyclic amines) is 2. The summed E-state index contributed by atoms with van der Waals surface area (Å²) < 4.78 is 12.0. The first kappa shape index (κ1) is 21.3. The van der Waals surface area contributed by atoms with Crippen molar-refractivity contribution in [1.29, 1.82) is 0 Å². The number of hydrogen-bond donors (Lipinski definition) is 2. The lowest BCUT2D eigenvalue weighted by molar-refractivity contribution is -0.972. The molecule has 2 heterocycles. The topological polar surface area (TPSA) is 58.9 Å². The molecule has 0 unspecified atom stereocenters. The molecule has 2 fully saturated rings. The van der Waals surface area contributed by atoms with Crippen molar-refractivity contribution < 1.29 is 28.7 Å². The fraction of sp³-hybridized carbons (Fsp3) is 0.778. The Labute approximate surface area is 146 Å². The lowest BCUT2D eigenvalue weighted by atomic mass is 10.1. The molecule has 2 N–H and O–H groups in total. The molecule has 24 heavy (non-hydrogen) atoms. The standard InChI is InChI=1S/C9H20NO3.C9H16NO/c1-12-5-3-10(4-6-13-2)7-9(11)8-10;1-3-5-10(6-4-2)7-9(11)8-10/h9,11H,3-8H2,1-2H3;3-4,9,11H,1-2,5-8H2/q2*+1. The highest BCUT2D eigenvalue weighted by atomic mass is 16.5. The third-order valence-electron chi connectivity index (χ3n) is 4.96. The minimum atomic E-state index is -0.117. The van der Waals surface area contributed by atoms with Crippen LogP contribution in [0.2, 0.25) is 0 Å². The van der Waals surface area contributed by atoms with Crippen molar-refractivity contribution >= 4 is 0 Å². The van der Waals surface area contributed by atoms with Crippen LogP contribution < -0.4 is 0 Å². The van der Waals surface area contributed by atoms with Gasteiger partial charge in [0.25, 0.3) is 0 Å². The molecule has 6 heteroatoms. The molecule has 0 bridgehead atoms. The number of aliphatic hydroxyl groups excluding tert-OH is 2. The predicted molar refractivity (Wildman–Crippen MR) is 95.6 cm³/mol. The summed E-state index contributed by atoms with van der Waals surface area (Å²) in [6.07, 6.45) is 3.61. The third kappa shape index (κ3) is 6.27. The number of ether oxygens (including phenoxy) is 2. The molecule has 2 rings (SSSR count). The van der Waals surface area contributed by atoms with E-state index in [1.165, 1.54) is 0 Å². The van der Waals surface area contributed by atoms with Gasteiger partial charge in [-0.3, -0.25) is 0 Å². The van der Waals surface area contributed by atoms with Crippen molar-refractivity contribution in [2.75, 3.05) is 79.8 Å². The van der Waals surface area contributed by atoms with Crippen LogP contribution in [0.15, 0.2) is 25.3 Å². The van der Waals surface area contributed by atoms with E-state index in [2.05, 4.69) is 13.2 Å². The van der Waals surface area contributed by atoms with Gasteiger partial charge in [0.05, 0.1) is 26.3 Å². The molecule has 0 radical (unpaired) electrons. The number of aliphatic hydroxyl groups is 2. The second-order valence-electron chi connectivity index (χ2n) is 7.10. The van der Waals surface area contributed by atoms with Crippen molar-refractivity contribution in [2.24, 2.45) is 0 Å². The molecule has 0 amide bonds. The molecule has 2 aliphatic rings. The molecule has 0 saturated carbocycles. The highest BCUT2D eigenvalue weighted by Crippen LogP contribution is 2.20. The molecule has 140 valence electrons. The summed E-state index contributed by atoms with van der Waals surface area (Å²) in [6, 6.07) is 0. The number of nitrogens with zero attached hydrogens (tertiary/aromatic N) is 2. The molecule has 0 aromatic heterocycles. The Morgan fingerprint density at radius 1 is 0.833 bits per heavy atom. The molecular formula is C18H36N2O4+2. The first-order valence-corrected chi connectivity index (χ1v) is 8.71. The first-order valence-electron chi connectivity index (χ1n) is 8.71. The van der Waals surface area contributed by atoms with E-state index < -0.39 is 0 Å². The van der Waals surface area contributed by atoms with Crippen molar-refractivity contribution in [2.45, 2.75) is 12.2 Å². The van der Waals surface area contributed by atoms with Gasteiger partial charge in [0.15, 0.2) is 12.2 Å². The zero-order chi connectivity index (χ0) is 18.1. The maximum absolute atomic E-state index is 9.28. The molecule has 0 atom stereocenters. The van der Waals surface area contributed by atoms with Crippen LogP contribution in [0.1, 0.15) is 0 Å². The van der Waals surface area contributed by atoms with Crippen molar-refractivity contribution in [3.05, 3.63) is 25.3 Å². The number of hydrogen-bond acceptors (Lipinski definition) is 4. The maximum Gasteiger partial charge on any atom is 0.152 e. The van der Waals surface area contributed by atoms with Gasteiger partial charge in [-0.25, -0.2) is 0 Å². The molecule has 6 nitrogen and oxygen atoms in total. The van der Waals surface area contributed by atoms with E-state index in [0.717, 1.165) is 74.5 Å². The van der Waals surface area contributed by atoms with Gasteiger partial charge in [-0.1, -0.05) is 13.2 Å². The van der Waals surface area contributed by atoms with E-state index in [-0.39, 0.29) is 12.2 Å². The summed E-state index contributed by atoms with van der Waals surface area (Å²) >= 11 is 0. The van der Waals surface area contributed by atoms with Crippen molar-refractivity contribution in [1.82, 2.24) is 0 Å². The van der Waals surface area contributed by atoms with Gasteiger partial charge in [-0.15, -0.1) is 0 Å². The summed E-state index contributed by atoms with van der Waals surface area (Å²) in [5.74, 6) is 0. The monoisotopic (exact) mass is 344 g/mol. The van der Waals surface area contributed by atoms with Crippen LogP contribution in [0, 0.1) is 0 Å². The molecule has 0 aromatic rings. The largest absolute Gasteiger partial charge is 0.382 e. The Balaban J connectivity index is 0.000000243. The van der Waals surface area contributed by atoms with E-state index in [0.29, 0.717) is 0 Å². The average Bonchev–Trinajstić information content (AvgIpc) is 2.49. The van der Waals surface area contributed by atoms with E-state index in [4.69, 9.17) is 14.6 Å². The summed E-state index contributed by atoms with van der Waals surface area (Å²) in [6.45, 7) is 16.2. The second kappa shape index (κ2) is 10.3. The van der Waals surface area contributed by atoms with Crippen molar-refractivity contribution in [3.63, 3.8) is 0 Å². The van der Waals surface area contributed by atoms with Gasteiger partial charge >= 0.3 is 0 Å². The van der Waals surface area contributed by atoms with E-state index in [1.807, 2.05) is 12.2 Å². The minimum Gasteiger partial charge on any atom is -0.382 e. The zero-order valence-electron chi connectivity index (χ0n) is 15.4. The fourth-order valence-electron chi connectivity index (χ4n) is 3.65. The molecule has 0 spiro atoms. The Morgan fingerprint density at radius 3 is 1.50 bits per heavy atom. The van der Waals surface area contributed by atoms with Crippen LogP contribution in [-0.4, -0.2) is 111 Å². The molecule has 0 aromatic carbocycles. The van der Waals surface area contributed by atoms with Crippen LogP contribution in [0.4, 0.5) is 0 Å². The van der Waals surface area contributed by atoms with Crippen LogP contribution in [-0.2, 0) is 9.47 Å². The normalized spacial score (nSPS) is 21.8. The van der Waals surface area contributed by atoms with Crippen LogP contribution >= 0.6 is 0 Å². The third-order valence-corrected chi connectivity index (χ3v) is 4.96. The summed E-state index contributed by atoms with van der Waals surface area (Å²) in [4.78, 5) is 0. The number of methoxy groups -OCH3 is 2.